The van der Waals surface area contributed by atoms with Gasteiger partial charge in [0.05, 0.1) is 29.0 Å². The molecule has 0 unspecified atom stereocenters. The maximum absolute atomic E-state index is 13.4. The molecule has 2 aromatic carbocycles. The van der Waals surface area contributed by atoms with Crippen LogP contribution >= 0.6 is 11.3 Å². The van der Waals surface area contributed by atoms with E-state index in [1.807, 2.05) is 30.3 Å². The Labute approximate surface area is 187 Å². The average Bonchev–Trinajstić information content (AvgIpc) is 3.08. The van der Waals surface area contributed by atoms with Gasteiger partial charge in [-0.25, -0.2) is 9.79 Å². The van der Waals surface area contributed by atoms with Gasteiger partial charge in [0.1, 0.15) is 5.75 Å². The number of carbonyl (C=O) groups is 2. The van der Waals surface area contributed by atoms with Crippen molar-refractivity contribution in [3.05, 3.63) is 96.7 Å². The third kappa shape index (κ3) is 4.04. The van der Waals surface area contributed by atoms with E-state index < -0.39 is 18.0 Å². The molecule has 1 atom stereocenters. The Balaban J connectivity index is 1.86. The molecule has 0 N–H and O–H groups in total. The molecule has 8 heteroatoms. The molecule has 0 saturated heterocycles. The van der Waals surface area contributed by atoms with Gasteiger partial charge in [0, 0.05) is 6.92 Å². The Morgan fingerprint density at radius 3 is 2.41 bits per heavy atom. The number of hydrogen-bond acceptors (Lipinski definition) is 7. The second-order valence-electron chi connectivity index (χ2n) is 7.15. The molecule has 0 aliphatic carbocycles. The molecule has 162 valence electrons. The van der Waals surface area contributed by atoms with Crippen LogP contribution in [0.5, 0.6) is 5.75 Å². The number of esters is 2. The highest BCUT2D eigenvalue weighted by Gasteiger charge is 2.32. The van der Waals surface area contributed by atoms with Gasteiger partial charge in [0.2, 0.25) is 0 Å². The second kappa shape index (κ2) is 8.76. The van der Waals surface area contributed by atoms with Gasteiger partial charge in [-0.05, 0) is 36.3 Å². The number of hydrogen-bond donors (Lipinski definition) is 0. The first-order valence-corrected chi connectivity index (χ1v) is 10.6. The summed E-state index contributed by atoms with van der Waals surface area (Å²) >= 11 is 1.25. The molecule has 3 aromatic rings. The molecule has 0 spiro atoms. The molecule has 0 fully saturated rings. The lowest BCUT2D eigenvalue weighted by Crippen LogP contribution is -2.39. The van der Waals surface area contributed by atoms with Crippen LogP contribution in [0.25, 0.3) is 6.08 Å². The SMILES string of the molecule is COC(=O)C1=C(C)N=c2s/c(=C\c3ccc(OC(C)=O)cc3)c(=O)n2[C@H]1c1ccccc1. The summed E-state index contributed by atoms with van der Waals surface area (Å²) in [6.45, 7) is 3.08. The maximum Gasteiger partial charge on any atom is 0.338 e. The molecule has 2 heterocycles. The molecule has 0 saturated carbocycles. The van der Waals surface area contributed by atoms with Crippen LogP contribution in [0.4, 0.5) is 0 Å². The molecule has 0 amide bonds. The van der Waals surface area contributed by atoms with E-state index in [1.165, 1.54) is 29.9 Å². The fourth-order valence-corrected chi connectivity index (χ4v) is 4.64. The van der Waals surface area contributed by atoms with Crippen molar-refractivity contribution in [2.75, 3.05) is 7.11 Å². The van der Waals surface area contributed by atoms with Crippen molar-refractivity contribution < 1.29 is 19.1 Å². The summed E-state index contributed by atoms with van der Waals surface area (Å²) in [5, 5.41) is 0. The molecule has 32 heavy (non-hydrogen) atoms. The summed E-state index contributed by atoms with van der Waals surface area (Å²) in [4.78, 5) is 42.1. The van der Waals surface area contributed by atoms with Crippen LogP contribution < -0.4 is 19.6 Å². The van der Waals surface area contributed by atoms with E-state index in [0.717, 1.165) is 11.1 Å². The van der Waals surface area contributed by atoms with Gasteiger partial charge in [-0.3, -0.25) is 14.2 Å². The first-order valence-electron chi connectivity index (χ1n) is 9.83. The number of thiazole rings is 1. The Morgan fingerprint density at radius 2 is 1.78 bits per heavy atom. The third-order valence-corrected chi connectivity index (χ3v) is 5.96. The number of fused-ring (bicyclic) bond motifs is 1. The smallest absolute Gasteiger partial charge is 0.338 e. The number of allylic oxidation sites excluding steroid dienone is 1. The van der Waals surface area contributed by atoms with Crippen LogP contribution in [-0.4, -0.2) is 23.6 Å². The quantitative estimate of drug-likeness (QED) is 0.452. The van der Waals surface area contributed by atoms with Crippen molar-refractivity contribution in [2.45, 2.75) is 19.9 Å². The van der Waals surface area contributed by atoms with Crippen LogP contribution in [-0.2, 0) is 14.3 Å². The summed E-state index contributed by atoms with van der Waals surface area (Å²) in [6.07, 6.45) is 1.75. The number of carbonyl (C=O) groups excluding carboxylic acids is 2. The highest BCUT2D eigenvalue weighted by atomic mass is 32.1. The first-order chi connectivity index (χ1) is 15.4. The maximum atomic E-state index is 13.4. The molecule has 1 aromatic heterocycles. The van der Waals surface area contributed by atoms with E-state index in [0.29, 0.717) is 26.4 Å². The first kappa shape index (κ1) is 21.5. The van der Waals surface area contributed by atoms with Gasteiger partial charge >= 0.3 is 11.9 Å². The summed E-state index contributed by atoms with van der Waals surface area (Å²) in [5.74, 6) is -0.488. The lowest BCUT2D eigenvalue weighted by Gasteiger charge is -2.24. The number of nitrogens with zero attached hydrogens (tertiary/aromatic N) is 2. The molecular formula is C24H20N2O5S. The van der Waals surface area contributed by atoms with Gasteiger partial charge in [-0.2, -0.15) is 0 Å². The number of benzene rings is 2. The summed E-state index contributed by atoms with van der Waals surface area (Å²) in [7, 11) is 1.31. The molecule has 7 nitrogen and oxygen atoms in total. The van der Waals surface area contributed by atoms with E-state index in [1.54, 1.807) is 37.3 Å². The normalized spacial score (nSPS) is 15.7. The van der Waals surface area contributed by atoms with Crippen LogP contribution in [0, 0.1) is 0 Å². The van der Waals surface area contributed by atoms with Crippen molar-refractivity contribution in [2.24, 2.45) is 4.99 Å². The zero-order valence-corrected chi connectivity index (χ0v) is 18.5. The predicted octanol–water partition coefficient (Wildman–Crippen LogP) is 2.33. The number of methoxy groups -OCH3 is 1. The Morgan fingerprint density at radius 1 is 1.09 bits per heavy atom. The minimum atomic E-state index is -0.631. The Kier molecular flexibility index (Phi) is 5.87. The van der Waals surface area contributed by atoms with Crippen molar-refractivity contribution in [1.82, 2.24) is 4.57 Å². The minimum absolute atomic E-state index is 0.249. The largest absolute Gasteiger partial charge is 0.466 e. The van der Waals surface area contributed by atoms with Crippen LogP contribution in [0.15, 0.2) is 75.7 Å². The fraction of sp³-hybridized carbons (Fsp3) is 0.167. The molecule has 1 aliphatic rings. The van der Waals surface area contributed by atoms with Gasteiger partial charge in [0.25, 0.3) is 5.56 Å². The number of ether oxygens (including phenoxy) is 2. The number of aromatic nitrogens is 1. The monoisotopic (exact) mass is 448 g/mol. The highest BCUT2D eigenvalue weighted by Crippen LogP contribution is 2.30. The van der Waals surface area contributed by atoms with Gasteiger partial charge in [0.15, 0.2) is 4.80 Å². The number of rotatable bonds is 4. The lowest BCUT2D eigenvalue weighted by molar-refractivity contribution is -0.136. The van der Waals surface area contributed by atoms with E-state index in [2.05, 4.69) is 4.99 Å². The van der Waals surface area contributed by atoms with Crippen LogP contribution in [0.3, 0.4) is 0 Å². The van der Waals surface area contributed by atoms with Crippen molar-refractivity contribution >= 4 is 29.4 Å². The van der Waals surface area contributed by atoms with E-state index in [4.69, 9.17) is 9.47 Å². The van der Waals surface area contributed by atoms with E-state index in [9.17, 15) is 14.4 Å². The second-order valence-corrected chi connectivity index (χ2v) is 8.16. The summed E-state index contributed by atoms with van der Waals surface area (Å²) in [6, 6.07) is 15.6. The zero-order valence-electron chi connectivity index (χ0n) is 17.7. The standard InChI is InChI=1S/C24H20N2O5S/c1-14-20(23(29)30-3)21(17-7-5-4-6-8-17)26-22(28)19(32-24(26)25-14)13-16-9-11-18(12-10-16)31-15(2)27/h4-13,21H,1-3H3/b19-13-/t21-/m0/s1. The Bertz CT molecular complexity index is 1400. The third-order valence-electron chi connectivity index (χ3n) is 4.98. The van der Waals surface area contributed by atoms with E-state index >= 15 is 0 Å². The molecule has 0 bridgehead atoms. The van der Waals surface area contributed by atoms with Gasteiger partial charge in [-0.15, -0.1) is 0 Å². The van der Waals surface area contributed by atoms with Gasteiger partial charge in [-0.1, -0.05) is 53.8 Å². The topological polar surface area (TPSA) is 87.0 Å². The molecule has 0 radical (unpaired) electrons. The molecular weight excluding hydrogens is 428 g/mol. The van der Waals surface area contributed by atoms with Gasteiger partial charge < -0.3 is 9.47 Å². The molecule has 4 rings (SSSR count). The summed E-state index contributed by atoms with van der Waals surface area (Å²) < 4.78 is 12.1. The average molecular weight is 449 g/mol. The van der Waals surface area contributed by atoms with E-state index in [-0.39, 0.29) is 5.56 Å². The Hall–Kier alpha value is -3.78. The zero-order chi connectivity index (χ0) is 22.8. The highest BCUT2D eigenvalue weighted by molar-refractivity contribution is 7.07. The van der Waals surface area contributed by atoms with Crippen LogP contribution in [0.1, 0.15) is 31.0 Å². The van der Waals surface area contributed by atoms with Crippen LogP contribution in [0.2, 0.25) is 0 Å². The van der Waals surface area contributed by atoms with Crippen molar-refractivity contribution in [3.63, 3.8) is 0 Å². The minimum Gasteiger partial charge on any atom is -0.466 e. The lowest BCUT2D eigenvalue weighted by atomic mass is 9.96. The van der Waals surface area contributed by atoms with Crippen molar-refractivity contribution in [1.29, 1.82) is 0 Å². The summed E-state index contributed by atoms with van der Waals surface area (Å²) in [5.41, 5.74) is 2.17. The predicted molar refractivity (Wildman–Crippen MR) is 120 cm³/mol. The van der Waals surface area contributed by atoms with Crippen molar-refractivity contribution in [3.8, 4) is 5.75 Å². The molecule has 1 aliphatic heterocycles. The fourth-order valence-electron chi connectivity index (χ4n) is 3.59.